The molecule has 1 heterocycles. The van der Waals surface area contributed by atoms with Crippen molar-refractivity contribution in [2.75, 3.05) is 7.05 Å². The van der Waals surface area contributed by atoms with Crippen LogP contribution in [-0.4, -0.2) is 41.9 Å². The highest BCUT2D eigenvalue weighted by Gasteiger charge is 2.32. The van der Waals surface area contributed by atoms with Crippen molar-refractivity contribution >= 4 is 27.3 Å². The van der Waals surface area contributed by atoms with Gasteiger partial charge in [0.15, 0.2) is 4.21 Å². The van der Waals surface area contributed by atoms with Crippen LogP contribution in [0.3, 0.4) is 0 Å². The summed E-state index contributed by atoms with van der Waals surface area (Å²) >= 11 is 1.05. The lowest BCUT2D eigenvalue weighted by Gasteiger charge is -2.20. The van der Waals surface area contributed by atoms with Gasteiger partial charge in [0, 0.05) is 7.05 Å². The first-order valence-electron chi connectivity index (χ1n) is 4.82. The van der Waals surface area contributed by atoms with Gasteiger partial charge in [0.25, 0.3) is 10.0 Å². The summed E-state index contributed by atoms with van der Waals surface area (Å²) in [6.45, 7) is 4.62. The topological polar surface area (TPSA) is 87.6 Å². The Hall–Kier alpha value is -0.990. The molecular weight excluding hydrogens is 264 g/mol. The first-order valence-corrected chi connectivity index (χ1v) is 7.08. The normalized spacial score (nSPS) is 13.9. The van der Waals surface area contributed by atoms with Crippen LogP contribution in [0.5, 0.6) is 0 Å². The second-order valence-corrected chi connectivity index (χ2v) is 7.04. The lowest BCUT2D eigenvalue weighted by molar-refractivity contribution is -0.140. The molecule has 0 aliphatic carbocycles. The molecule has 1 aromatic rings. The number of aliphatic carboxylic acids is 1. The minimum absolute atomic E-state index is 0.102. The monoisotopic (exact) mass is 278 g/mol. The second-order valence-electron chi connectivity index (χ2n) is 3.64. The molecule has 1 N–H and O–H groups in total. The van der Waals surface area contributed by atoms with Crippen molar-refractivity contribution in [2.45, 2.75) is 31.0 Å². The van der Waals surface area contributed by atoms with Crippen LogP contribution in [0.2, 0.25) is 0 Å². The fourth-order valence-electron chi connectivity index (χ4n) is 1.25. The molecule has 6 nitrogen and oxygen atoms in total. The summed E-state index contributed by atoms with van der Waals surface area (Å²) in [4.78, 5) is 14.8. The molecule has 17 heavy (non-hydrogen) atoms. The number of carboxylic acid groups (broad SMARTS) is 1. The standard InChI is InChI=1S/C9H14N2O4S2/c1-5-9(16-7(3)10-5)17(14,15)11(4)6(2)8(12)13/h6H,1-4H3,(H,12,13)/t6-/m0/s1. The molecule has 0 aromatic carbocycles. The van der Waals surface area contributed by atoms with Gasteiger partial charge in [0.05, 0.1) is 10.7 Å². The third kappa shape index (κ3) is 2.64. The molecule has 0 aliphatic heterocycles. The van der Waals surface area contributed by atoms with Crippen molar-refractivity contribution in [3.63, 3.8) is 0 Å². The Kier molecular flexibility index (Phi) is 3.90. The molecule has 0 radical (unpaired) electrons. The first kappa shape index (κ1) is 14.1. The molecular formula is C9H14N2O4S2. The van der Waals surface area contributed by atoms with Gasteiger partial charge in [-0.3, -0.25) is 4.79 Å². The van der Waals surface area contributed by atoms with Crippen LogP contribution in [0.15, 0.2) is 4.21 Å². The zero-order valence-electron chi connectivity index (χ0n) is 9.96. The summed E-state index contributed by atoms with van der Waals surface area (Å²) in [5, 5.41) is 9.46. The van der Waals surface area contributed by atoms with E-state index in [0.717, 1.165) is 15.6 Å². The van der Waals surface area contributed by atoms with Crippen molar-refractivity contribution in [1.29, 1.82) is 0 Å². The number of hydrogen-bond acceptors (Lipinski definition) is 5. The Morgan fingerprint density at radius 1 is 1.47 bits per heavy atom. The van der Waals surface area contributed by atoms with Crippen LogP contribution in [-0.2, 0) is 14.8 Å². The van der Waals surface area contributed by atoms with Crippen LogP contribution in [0.25, 0.3) is 0 Å². The molecule has 0 amide bonds. The third-order valence-corrected chi connectivity index (χ3v) is 5.97. The lowest BCUT2D eigenvalue weighted by atomic mass is 10.4. The maximum absolute atomic E-state index is 12.1. The largest absolute Gasteiger partial charge is 0.480 e. The fourth-order valence-corrected chi connectivity index (χ4v) is 4.21. The fraction of sp³-hybridized carbons (Fsp3) is 0.556. The molecule has 1 aromatic heterocycles. The summed E-state index contributed by atoms with van der Waals surface area (Å²) in [6.07, 6.45) is 0. The van der Waals surface area contributed by atoms with E-state index >= 15 is 0 Å². The molecule has 0 saturated carbocycles. The summed E-state index contributed by atoms with van der Waals surface area (Å²) in [7, 11) is -2.53. The van der Waals surface area contributed by atoms with E-state index in [1.807, 2.05) is 0 Å². The van der Waals surface area contributed by atoms with Gasteiger partial charge in [-0.1, -0.05) is 0 Å². The molecule has 0 saturated heterocycles. The lowest BCUT2D eigenvalue weighted by Crippen LogP contribution is -2.40. The number of likely N-dealkylation sites (N-methyl/N-ethyl adjacent to an activating group) is 1. The number of carboxylic acids is 1. The molecule has 0 spiro atoms. The quantitative estimate of drug-likeness (QED) is 0.882. The summed E-state index contributed by atoms with van der Waals surface area (Å²) in [5.74, 6) is -1.19. The van der Waals surface area contributed by atoms with Gasteiger partial charge in [0.1, 0.15) is 6.04 Å². The van der Waals surface area contributed by atoms with Crippen molar-refractivity contribution in [3.05, 3.63) is 10.7 Å². The number of rotatable bonds is 4. The molecule has 0 bridgehead atoms. The van der Waals surface area contributed by atoms with E-state index < -0.39 is 22.0 Å². The van der Waals surface area contributed by atoms with E-state index in [4.69, 9.17) is 5.11 Å². The van der Waals surface area contributed by atoms with Crippen LogP contribution >= 0.6 is 11.3 Å². The number of aryl methyl sites for hydroxylation is 2. The van der Waals surface area contributed by atoms with Gasteiger partial charge >= 0.3 is 5.97 Å². The molecule has 96 valence electrons. The minimum atomic E-state index is -3.78. The van der Waals surface area contributed by atoms with Gasteiger partial charge in [-0.05, 0) is 20.8 Å². The Morgan fingerprint density at radius 3 is 2.35 bits per heavy atom. The van der Waals surface area contributed by atoms with Crippen molar-refractivity contribution in [3.8, 4) is 0 Å². The maximum Gasteiger partial charge on any atom is 0.321 e. The van der Waals surface area contributed by atoms with Gasteiger partial charge in [-0.15, -0.1) is 11.3 Å². The predicted molar refractivity (Wildman–Crippen MR) is 63.6 cm³/mol. The Bertz CT molecular complexity index is 535. The number of aromatic nitrogens is 1. The van der Waals surface area contributed by atoms with E-state index in [-0.39, 0.29) is 4.21 Å². The van der Waals surface area contributed by atoms with Crippen LogP contribution in [0.4, 0.5) is 0 Å². The van der Waals surface area contributed by atoms with E-state index in [1.54, 1.807) is 13.8 Å². The van der Waals surface area contributed by atoms with E-state index in [1.165, 1.54) is 14.0 Å². The summed E-state index contributed by atoms with van der Waals surface area (Å²) < 4.78 is 25.2. The molecule has 1 rings (SSSR count). The van der Waals surface area contributed by atoms with Crippen molar-refractivity contribution in [2.24, 2.45) is 0 Å². The number of carbonyl (C=O) groups is 1. The maximum atomic E-state index is 12.1. The smallest absolute Gasteiger partial charge is 0.321 e. The summed E-state index contributed by atoms with van der Waals surface area (Å²) in [6, 6.07) is -1.11. The Labute approximate surface area is 104 Å². The third-order valence-electron chi connectivity index (χ3n) is 2.38. The van der Waals surface area contributed by atoms with E-state index in [9.17, 15) is 13.2 Å². The molecule has 8 heteroatoms. The zero-order valence-corrected chi connectivity index (χ0v) is 11.6. The Balaban J connectivity index is 3.20. The number of sulfonamides is 1. The minimum Gasteiger partial charge on any atom is -0.480 e. The highest BCUT2D eigenvalue weighted by molar-refractivity contribution is 7.91. The molecule has 0 fully saturated rings. The predicted octanol–water partition coefficient (Wildman–Crippen LogP) is 0.854. The molecule has 0 unspecified atom stereocenters. The van der Waals surface area contributed by atoms with Crippen LogP contribution in [0.1, 0.15) is 17.6 Å². The molecule has 1 atom stereocenters. The average Bonchev–Trinajstić information content (AvgIpc) is 2.56. The number of hydrogen-bond donors (Lipinski definition) is 1. The summed E-state index contributed by atoms with van der Waals surface area (Å²) in [5.41, 5.74) is 0.400. The first-order chi connectivity index (χ1) is 7.67. The highest BCUT2D eigenvalue weighted by Crippen LogP contribution is 2.26. The zero-order chi connectivity index (χ0) is 13.4. The van der Waals surface area contributed by atoms with Gasteiger partial charge in [-0.2, -0.15) is 4.31 Å². The van der Waals surface area contributed by atoms with Crippen LogP contribution < -0.4 is 0 Å². The van der Waals surface area contributed by atoms with Gasteiger partial charge < -0.3 is 5.11 Å². The van der Waals surface area contributed by atoms with Gasteiger partial charge in [-0.25, -0.2) is 13.4 Å². The Morgan fingerprint density at radius 2 is 2.00 bits per heavy atom. The number of thiazole rings is 1. The van der Waals surface area contributed by atoms with Crippen molar-refractivity contribution in [1.82, 2.24) is 9.29 Å². The van der Waals surface area contributed by atoms with Gasteiger partial charge in [0.2, 0.25) is 0 Å². The van der Waals surface area contributed by atoms with E-state index in [2.05, 4.69) is 4.98 Å². The average molecular weight is 278 g/mol. The van der Waals surface area contributed by atoms with Crippen LogP contribution in [0, 0.1) is 13.8 Å². The second kappa shape index (κ2) is 4.71. The SMILES string of the molecule is Cc1nc(C)c(S(=O)(=O)N(C)[C@@H](C)C(=O)O)s1. The molecule has 0 aliphatic rings. The highest BCUT2D eigenvalue weighted by atomic mass is 32.2. The van der Waals surface area contributed by atoms with Crippen molar-refractivity contribution < 1.29 is 18.3 Å². The number of nitrogens with zero attached hydrogens (tertiary/aromatic N) is 2. The van der Waals surface area contributed by atoms with E-state index in [0.29, 0.717) is 10.7 Å².